The summed E-state index contributed by atoms with van der Waals surface area (Å²) >= 11 is 3.07. The Morgan fingerprint density at radius 1 is 1.31 bits per heavy atom. The first-order valence-corrected chi connectivity index (χ1v) is 4.28. The van der Waals surface area contributed by atoms with Gasteiger partial charge in [-0.1, -0.05) is 28.1 Å². The van der Waals surface area contributed by atoms with Gasteiger partial charge in [0, 0.05) is 4.47 Å². The third kappa shape index (κ3) is 2.70. The fourth-order valence-corrected chi connectivity index (χ4v) is 1.31. The second kappa shape index (κ2) is 3.67. The van der Waals surface area contributed by atoms with Crippen LogP contribution in [0.1, 0.15) is 11.6 Å². The van der Waals surface area contributed by atoms with Gasteiger partial charge in [0.05, 0.1) is 0 Å². The molecule has 0 heterocycles. The van der Waals surface area contributed by atoms with E-state index in [0.717, 1.165) is 0 Å². The highest BCUT2D eigenvalue weighted by Crippen LogP contribution is 2.31. The van der Waals surface area contributed by atoms with E-state index in [9.17, 15) is 13.2 Å². The van der Waals surface area contributed by atoms with E-state index in [2.05, 4.69) is 15.9 Å². The zero-order valence-electron chi connectivity index (χ0n) is 6.48. The molecule has 0 spiro atoms. The van der Waals surface area contributed by atoms with Crippen molar-refractivity contribution in [2.75, 3.05) is 0 Å². The minimum atomic E-state index is -4.39. The second-order valence-electron chi connectivity index (χ2n) is 2.57. The predicted molar refractivity (Wildman–Crippen MR) is 47.1 cm³/mol. The Hall–Kier alpha value is -0.550. The van der Waals surface area contributed by atoms with Crippen molar-refractivity contribution < 1.29 is 13.2 Å². The molecule has 1 nitrogen and oxygen atoms in total. The fraction of sp³-hybridized carbons (Fsp3) is 0.250. The largest absolute Gasteiger partial charge is 0.407 e. The molecule has 0 aliphatic heterocycles. The lowest BCUT2D eigenvalue weighted by atomic mass is 10.1. The van der Waals surface area contributed by atoms with Crippen molar-refractivity contribution in [3.8, 4) is 0 Å². The van der Waals surface area contributed by atoms with Gasteiger partial charge in [0.25, 0.3) is 0 Å². The van der Waals surface area contributed by atoms with E-state index in [1.165, 1.54) is 18.2 Å². The summed E-state index contributed by atoms with van der Waals surface area (Å²) in [7, 11) is 0. The van der Waals surface area contributed by atoms with Crippen LogP contribution in [0.15, 0.2) is 28.7 Å². The summed E-state index contributed by atoms with van der Waals surface area (Å²) < 4.78 is 37.0. The van der Waals surface area contributed by atoms with Gasteiger partial charge in [-0.05, 0) is 17.7 Å². The number of rotatable bonds is 1. The van der Waals surface area contributed by atoms with Crippen LogP contribution in [0.5, 0.6) is 0 Å². The van der Waals surface area contributed by atoms with Crippen LogP contribution >= 0.6 is 15.9 Å². The van der Waals surface area contributed by atoms with Crippen molar-refractivity contribution in [1.82, 2.24) is 0 Å². The highest BCUT2D eigenvalue weighted by molar-refractivity contribution is 9.10. The van der Waals surface area contributed by atoms with Crippen molar-refractivity contribution >= 4 is 15.9 Å². The zero-order valence-corrected chi connectivity index (χ0v) is 8.06. The normalized spacial score (nSPS) is 14.2. The van der Waals surface area contributed by atoms with Gasteiger partial charge < -0.3 is 5.73 Å². The molecular weight excluding hydrogens is 247 g/mol. The summed E-state index contributed by atoms with van der Waals surface area (Å²) in [6.07, 6.45) is -4.39. The Morgan fingerprint density at radius 2 is 1.92 bits per heavy atom. The summed E-state index contributed by atoms with van der Waals surface area (Å²) in [5, 5.41) is 0. The summed E-state index contributed by atoms with van der Waals surface area (Å²) in [4.78, 5) is 0. The summed E-state index contributed by atoms with van der Waals surface area (Å²) in [5.41, 5.74) is 5.05. The second-order valence-corrected chi connectivity index (χ2v) is 3.49. The smallest absolute Gasteiger partial charge is 0.316 e. The number of hydrogen-bond acceptors (Lipinski definition) is 1. The Morgan fingerprint density at radius 3 is 2.38 bits per heavy atom. The summed E-state index contributed by atoms with van der Waals surface area (Å²) in [6, 6.07) is 3.96. The van der Waals surface area contributed by atoms with E-state index in [4.69, 9.17) is 5.73 Å². The van der Waals surface area contributed by atoms with Crippen molar-refractivity contribution in [2.45, 2.75) is 12.2 Å². The maximum absolute atomic E-state index is 12.1. The van der Waals surface area contributed by atoms with Crippen LogP contribution in [0, 0.1) is 0 Å². The molecule has 0 unspecified atom stereocenters. The van der Waals surface area contributed by atoms with Gasteiger partial charge in [0.2, 0.25) is 0 Å². The molecule has 1 rings (SSSR count). The molecule has 72 valence electrons. The third-order valence-corrected chi connectivity index (χ3v) is 2.05. The summed E-state index contributed by atoms with van der Waals surface area (Å²) in [5.74, 6) is 0. The maximum Gasteiger partial charge on any atom is 0.407 e. The van der Waals surface area contributed by atoms with Crippen LogP contribution in [0.25, 0.3) is 0 Å². The number of halogens is 4. The quantitative estimate of drug-likeness (QED) is 0.819. The van der Waals surface area contributed by atoms with E-state index in [1.54, 1.807) is 6.07 Å². The van der Waals surface area contributed by atoms with Crippen LogP contribution in [-0.4, -0.2) is 6.18 Å². The molecule has 0 saturated carbocycles. The number of alkyl halides is 3. The van der Waals surface area contributed by atoms with E-state index >= 15 is 0 Å². The topological polar surface area (TPSA) is 26.0 Å². The monoisotopic (exact) mass is 253 g/mol. The lowest BCUT2D eigenvalue weighted by Gasteiger charge is -2.15. The highest BCUT2D eigenvalue weighted by Gasteiger charge is 2.37. The maximum atomic E-state index is 12.1. The van der Waals surface area contributed by atoms with Crippen LogP contribution in [0.4, 0.5) is 13.2 Å². The third-order valence-electron chi connectivity index (χ3n) is 1.56. The molecule has 0 aliphatic rings. The Labute approximate surface area is 81.9 Å². The standard InChI is InChI=1S/C8H7BrF3N/c9-6-3-1-2-5(4-6)7(13)8(10,11)12/h1-4,7H,13H2/t7-/m1/s1. The SMILES string of the molecule is N[C@H](c1cccc(Br)c1)C(F)(F)F. The molecule has 1 aromatic rings. The van der Waals surface area contributed by atoms with Crippen LogP contribution in [0.3, 0.4) is 0 Å². The molecule has 0 fully saturated rings. The van der Waals surface area contributed by atoms with Gasteiger partial charge in [0.1, 0.15) is 6.04 Å². The van der Waals surface area contributed by atoms with Gasteiger partial charge in [0.15, 0.2) is 0 Å². The first kappa shape index (κ1) is 10.5. The Balaban J connectivity index is 2.96. The molecule has 0 radical (unpaired) electrons. The van der Waals surface area contributed by atoms with E-state index in [0.29, 0.717) is 4.47 Å². The molecule has 1 atom stereocenters. The van der Waals surface area contributed by atoms with Crippen LogP contribution in [0.2, 0.25) is 0 Å². The van der Waals surface area contributed by atoms with Crippen molar-refractivity contribution in [1.29, 1.82) is 0 Å². The lowest BCUT2D eigenvalue weighted by molar-refractivity contribution is -0.149. The molecule has 0 amide bonds. The minimum absolute atomic E-state index is 0.0573. The van der Waals surface area contributed by atoms with Crippen LogP contribution < -0.4 is 5.73 Å². The van der Waals surface area contributed by atoms with Crippen molar-refractivity contribution in [3.63, 3.8) is 0 Å². The molecule has 1 aromatic carbocycles. The first-order valence-electron chi connectivity index (χ1n) is 3.49. The van der Waals surface area contributed by atoms with E-state index in [-0.39, 0.29) is 5.56 Å². The van der Waals surface area contributed by atoms with Crippen LogP contribution in [-0.2, 0) is 0 Å². The van der Waals surface area contributed by atoms with Gasteiger partial charge in [-0.2, -0.15) is 13.2 Å². The molecular formula is C8H7BrF3N. The molecule has 13 heavy (non-hydrogen) atoms. The van der Waals surface area contributed by atoms with E-state index < -0.39 is 12.2 Å². The average Bonchev–Trinajstić information content (AvgIpc) is 2.01. The van der Waals surface area contributed by atoms with E-state index in [1.807, 2.05) is 0 Å². The molecule has 0 aliphatic carbocycles. The predicted octanol–water partition coefficient (Wildman–Crippen LogP) is 3.01. The summed E-state index contributed by atoms with van der Waals surface area (Å²) in [6.45, 7) is 0. The van der Waals surface area contributed by atoms with Gasteiger partial charge in [-0.3, -0.25) is 0 Å². The molecule has 2 N–H and O–H groups in total. The fourth-order valence-electron chi connectivity index (χ4n) is 0.889. The lowest BCUT2D eigenvalue weighted by Crippen LogP contribution is -2.28. The number of nitrogens with two attached hydrogens (primary N) is 1. The number of benzene rings is 1. The molecule has 0 aromatic heterocycles. The Kier molecular flexibility index (Phi) is 2.98. The zero-order chi connectivity index (χ0) is 10.1. The Bertz CT molecular complexity index is 298. The average molecular weight is 254 g/mol. The first-order chi connectivity index (χ1) is 5.91. The van der Waals surface area contributed by atoms with Gasteiger partial charge in [-0.25, -0.2) is 0 Å². The number of hydrogen-bond donors (Lipinski definition) is 1. The van der Waals surface area contributed by atoms with Gasteiger partial charge >= 0.3 is 6.18 Å². The minimum Gasteiger partial charge on any atom is -0.316 e. The van der Waals surface area contributed by atoms with Crippen molar-refractivity contribution in [2.24, 2.45) is 5.73 Å². The van der Waals surface area contributed by atoms with Gasteiger partial charge in [-0.15, -0.1) is 0 Å². The molecule has 0 saturated heterocycles. The van der Waals surface area contributed by atoms with Crippen molar-refractivity contribution in [3.05, 3.63) is 34.3 Å². The molecule has 5 heteroatoms. The highest BCUT2D eigenvalue weighted by atomic mass is 79.9. The molecule has 0 bridgehead atoms.